The minimum Gasteiger partial charge on any atom is -0.342 e. The van der Waals surface area contributed by atoms with Crippen molar-refractivity contribution in [2.24, 2.45) is 11.7 Å². The van der Waals surface area contributed by atoms with E-state index in [0.717, 1.165) is 45.2 Å². The molecule has 0 saturated carbocycles. The lowest BCUT2D eigenvalue weighted by atomic mass is 9.96. The Balaban J connectivity index is 2.41. The van der Waals surface area contributed by atoms with Crippen molar-refractivity contribution in [3.05, 3.63) is 0 Å². The minimum absolute atomic E-state index is 0.245. The second-order valence-corrected chi connectivity index (χ2v) is 4.91. The summed E-state index contributed by atoms with van der Waals surface area (Å²) in [6.07, 6.45) is 6.30. The van der Waals surface area contributed by atoms with Gasteiger partial charge >= 0.3 is 0 Å². The van der Waals surface area contributed by atoms with Gasteiger partial charge in [0.05, 0.1) is 0 Å². The van der Waals surface area contributed by atoms with Crippen molar-refractivity contribution in [2.45, 2.75) is 58.4 Å². The van der Waals surface area contributed by atoms with Crippen LogP contribution >= 0.6 is 0 Å². The molecule has 16 heavy (non-hydrogen) atoms. The third kappa shape index (κ3) is 3.78. The van der Waals surface area contributed by atoms with Crippen molar-refractivity contribution in [2.75, 3.05) is 13.1 Å². The number of amides is 1. The molecule has 1 atom stereocenters. The number of likely N-dealkylation sites (tertiary alicyclic amines) is 1. The van der Waals surface area contributed by atoms with E-state index >= 15 is 0 Å². The van der Waals surface area contributed by atoms with Crippen molar-refractivity contribution in [1.82, 2.24) is 4.90 Å². The molecule has 1 saturated heterocycles. The first kappa shape index (κ1) is 13.5. The monoisotopic (exact) mass is 226 g/mol. The molecule has 94 valence electrons. The van der Waals surface area contributed by atoms with Crippen LogP contribution in [0.25, 0.3) is 0 Å². The lowest BCUT2D eigenvalue weighted by molar-refractivity contribution is -0.137. The highest BCUT2D eigenvalue weighted by molar-refractivity contribution is 5.78. The maximum atomic E-state index is 12.2. The fraction of sp³-hybridized carbons (Fsp3) is 0.923. The van der Waals surface area contributed by atoms with Gasteiger partial charge in [-0.3, -0.25) is 4.79 Å². The SMILES string of the molecule is CCCC[C@H](CC)C(=O)N1CCC(N)CC1. The maximum absolute atomic E-state index is 12.2. The molecule has 3 heteroatoms. The molecule has 1 aliphatic rings. The topological polar surface area (TPSA) is 46.3 Å². The summed E-state index contributed by atoms with van der Waals surface area (Å²) in [5.74, 6) is 0.608. The Morgan fingerprint density at radius 2 is 2.00 bits per heavy atom. The molecule has 1 fully saturated rings. The Kier molecular flexibility index (Phi) is 5.81. The number of piperidine rings is 1. The van der Waals surface area contributed by atoms with Gasteiger partial charge in [0.15, 0.2) is 0 Å². The second kappa shape index (κ2) is 6.89. The lowest BCUT2D eigenvalue weighted by Crippen LogP contribution is -2.45. The van der Waals surface area contributed by atoms with E-state index in [-0.39, 0.29) is 5.92 Å². The number of hydrogen-bond acceptors (Lipinski definition) is 2. The summed E-state index contributed by atoms with van der Waals surface area (Å²) >= 11 is 0. The Morgan fingerprint density at radius 1 is 1.38 bits per heavy atom. The number of nitrogens with two attached hydrogens (primary N) is 1. The van der Waals surface area contributed by atoms with Crippen molar-refractivity contribution in [3.8, 4) is 0 Å². The quantitative estimate of drug-likeness (QED) is 0.781. The van der Waals surface area contributed by atoms with E-state index in [0.29, 0.717) is 11.9 Å². The number of hydrogen-bond donors (Lipinski definition) is 1. The van der Waals surface area contributed by atoms with Crippen molar-refractivity contribution < 1.29 is 4.79 Å². The molecule has 0 aromatic rings. The molecule has 2 N–H and O–H groups in total. The molecule has 3 nitrogen and oxygen atoms in total. The molecule has 0 bridgehead atoms. The normalized spacial score (nSPS) is 19.8. The van der Waals surface area contributed by atoms with Crippen LogP contribution in [-0.2, 0) is 4.79 Å². The molecule has 0 radical (unpaired) electrons. The van der Waals surface area contributed by atoms with E-state index in [2.05, 4.69) is 13.8 Å². The van der Waals surface area contributed by atoms with Gasteiger partial charge in [0.1, 0.15) is 0 Å². The Labute approximate surface area is 99.4 Å². The summed E-state index contributed by atoms with van der Waals surface area (Å²) in [5, 5.41) is 0. The number of unbranched alkanes of at least 4 members (excludes halogenated alkanes) is 1. The summed E-state index contributed by atoms with van der Waals surface area (Å²) < 4.78 is 0. The lowest BCUT2D eigenvalue weighted by Gasteiger charge is -2.32. The van der Waals surface area contributed by atoms with E-state index in [4.69, 9.17) is 5.73 Å². The first-order chi connectivity index (χ1) is 7.69. The number of nitrogens with zero attached hydrogens (tertiary/aromatic N) is 1. The standard InChI is InChI=1S/C13H26N2O/c1-3-5-6-11(4-2)13(16)15-9-7-12(14)8-10-15/h11-12H,3-10,14H2,1-2H3/t11-/m0/s1. The van der Waals surface area contributed by atoms with Gasteiger partial charge in [-0.15, -0.1) is 0 Å². The molecule has 1 rings (SSSR count). The zero-order valence-electron chi connectivity index (χ0n) is 10.7. The van der Waals surface area contributed by atoms with Crippen LogP contribution in [0.3, 0.4) is 0 Å². The third-order valence-corrected chi connectivity index (χ3v) is 3.60. The summed E-state index contributed by atoms with van der Waals surface area (Å²) in [6.45, 7) is 6.02. The van der Waals surface area contributed by atoms with Crippen LogP contribution in [0.5, 0.6) is 0 Å². The summed E-state index contributed by atoms with van der Waals surface area (Å²) in [4.78, 5) is 14.2. The summed E-state index contributed by atoms with van der Waals surface area (Å²) in [5.41, 5.74) is 5.85. The average Bonchev–Trinajstić information content (AvgIpc) is 2.30. The van der Waals surface area contributed by atoms with E-state index in [1.807, 2.05) is 4.90 Å². The van der Waals surface area contributed by atoms with Crippen LogP contribution in [0.2, 0.25) is 0 Å². The molecule has 0 spiro atoms. The molecule has 0 aromatic carbocycles. The maximum Gasteiger partial charge on any atom is 0.225 e. The predicted octanol–water partition coefficient (Wildman–Crippen LogP) is 2.15. The van der Waals surface area contributed by atoms with E-state index in [1.165, 1.54) is 6.42 Å². The number of carbonyl (C=O) groups is 1. The average molecular weight is 226 g/mol. The van der Waals surface area contributed by atoms with Gasteiger partial charge < -0.3 is 10.6 Å². The van der Waals surface area contributed by atoms with Gasteiger partial charge in [0.2, 0.25) is 5.91 Å². The Bertz CT molecular complexity index is 203. The Morgan fingerprint density at radius 3 is 2.50 bits per heavy atom. The van der Waals surface area contributed by atoms with Gasteiger partial charge in [-0.2, -0.15) is 0 Å². The summed E-state index contributed by atoms with van der Waals surface area (Å²) in [6, 6.07) is 0.305. The Hall–Kier alpha value is -0.570. The van der Waals surface area contributed by atoms with Gasteiger partial charge in [-0.1, -0.05) is 26.7 Å². The van der Waals surface area contributed by atoms with Crippen LogP contribution in [0, 0.1) is 5.92 Å². The molecular weight excluding hydrogens is 200 g/mol. The first-order valence-electron chi connectivity index (χ1n) is 6.73. The van der Waals surface area contributed by atoms with Crippen LogP contribution in [-0.4, -0.2) is 29.9 Å². The molecule has 1 amide bonds. The van der Waals surface area contributed by atoms with E-state index < -0.39 is 0 Å². The van der Waals surface area contributed by atoms with Crippen LogP contribution < -0.4 is 5.73 Å². The number of carbonyl (C=O) groups excluding carboxylic acids is 1. The highest BCUT2D eigenvalue weighted by Gasteiger charge is 2.25. The van der Waals surface area contributed by atoms with Gasteiger partial charge in [0, 0.05) is 25.0 Å². The highest BCUT2D eigenvalue weighted by Crippen LogP contribution is 2.18. The highest BCUT2D eigenvalue weighted by atomic mass is 16.2. The fourth-order valence-corrected chi connectivity index (χ4v) is 2.33. The molecule has 0 unspecified atom stereocenters. The fourth-order valence-electron chi connectivity index (χ4n) is 2.33. The molecule has 1 aliphatic heterocycles. The zero-order valence-corrected chi connectivity index (χ0v) is 10.7. The third-order valence-electron chi connectivity index (χ3n) is 3.60. The second-order valence-electron chi connectivity index (χ2n) is 4.91. The minimum atomic E-state index is 0.245. The molecule has 1 heterocycles. The molecule has 0 aromatic heterocycles. The largest absolute Gasteiger partial charge is 0.342 e. The molecule has 0 aliphatic carbocycles. The van der Waals surface area contributed by atoms with Crippen LogP contribution in [0.15, 0.2) is 0 Å². The first-order valence-corrected chi connectivity index (χ1v) is 6.73. The predicted molar refractivity (Wildman–Crippen MR) is 67.1 cm³/mol. The smallest absolute Gasteiger partial charge is 0.225 e. The van der Waals surface area contributed by atoms with E-state index in [9.17, 15) is 4.79 Å². The van der Waals surface area contributed by atoms with Gasteiger partial charge in [-0.05, 0) is 25.7 Å². The van der Waals surface area contributed by atoms with E-state index in [1.54, 1.807) is 0 Å². The van der Waals surface area contributed by atoms with Gasteiger partial charge in [-0.25, -0.2) is 0 Å². The van der Waals surface area contributed by atoms with Crippen LogP contribution in [0.1, 0.15) is 52.4 Å². The van der Waals surface area contributed by atoms with Gasteiger partial charge in [0.25, 0.3) is 0 Å². The number of rotatable bonds is 5. The summed E-state index contributed by atoms with van der Waals surface area (Å²) in [7, 11) is 0. The van der Waals surface area contributed by atoms with Crippen molar-refractivity contribution in [3.63, 3.8) is 0 Å². The molecular formula is C13H26N2O. The van der Waals surface area contributed by atoms with Crippen LogP contribution in [0.4, 0.5) is 0 Å². The van der Waals surface area contributed by atoms with Crippen molar-refractivity contribution >= 4 is 5.91 Å². The van der Waals surface area contributed by atoms with Crippen molar-refractivity contribution in [1.29, 1.82) is 0 Å². The zero-order chi connectivity index (χ0) is 12.0.